The summed E-state index contributed by atoms with van der Waals surface area (Å²) in [5.41, 5.74) is 1.26. The van der Waals surface area contributed by atoms with E-state index in [1.807, 2.05) is 0 Å². The summed E-state index contributed by atoms with van der Waals surface area (Å²) in [4.78, 5) is 57.0. The highest BCUT2D eigenvalue weighted by molar-refractivity contribution is 6.06. The number of fused-ring (bicyclic) bond motifs is 1. The monoisotopic (exact) mass is 588 g/mol. The van der Waals surface area contributed by atoms with Crippen LogP contribution in [0.1, 0.15) is 35.8 Å². The molecule has 3 heterocycles. The van der Waals surface area contributed by atoms with Gasteiger partial charge in [-0.15, -0.1) is 0 Å². The van der Waals surface area contributed by atoms with Crippen molar-refractivity contribution < 1.29 is 42.9 Å². The average Bonchev–Trinajstić information content (AvgIpc) is 3.49. The molecular formula is C32H32N2O9. The van der Waals surface area contributed by atoms with Crippen LogP contribution < -0.4 is 23.7 Å². The fraction of sp³-hybridized carbons (Fsp3) is 0.375. The molecule has 4 amide bonds. The largest absolute Gasteiger partial charge is 0.493 e. The number of ether oxygens (including phenoxy) is 5. The third kappa shape index (κ3) is 4.78. The van der Waals surface area contributed by atoms with Gasteiger partial charge in [0.05, 0.1) is 33.2 Å². The van der Waals surface area contributed by atoms with Crippen LogP contribution in [0.15, 0.2) is 54.6 Å². The van der Waals surface area contributed by atoms with E-state index in [-0.39, 0.29) is 19.9 Å². The Morgan fingerprint density at radius 2 is 1.28 bits per heavy atom. The van der Waals surface area contributed by atoms with Crippen molar-refractivity contribution in [1.82, 2.24) is 9.80 Å². The summed E-state index contributed by atoms with van der Waals surface area (Å²) in [7, 11) is 4.53. The smallest absolute Gasteiger partial charge is 0.252 e. The molecule has 0 saturated heterocycles. The average molecular weight is 589 g/mol. The van der Waals surface area contributed by atoms with Crippen molar-refractivity contribution in [3.05, 3.63) is 65.8 Å². The third-order valence-electron chi connectivity index (χ3n) is 8.60. The summed E-state index contributed by atoms with van der Waals surface area (Å²) in [6, 6.07) is 8.74. The van der Waals surface area contributed by atoms with Crippen molar-refractivity contribution in [1.29, 1.82) is 0 Å². The Morgan fingerprint density at radius 3 is 1.84 bits per heavy atom. The van der Waals surface area contributed by atoms with Crippen LogP contribution in [0.2, 0.25) is 0 Å². The maximum Gasteiger partial charge on any atom is 0.252 e. The quantitative estimate of drug-likeness (QED) is 0.449. The van der Waals surface area contributed by atoms with Crippen LogP contribution in [0.4, 0.5) is 0 Å². The number of rotatable bonds is 7. The highest BCUT2D eigenvalue weighted by Gasteiger charge is 2.60. The Balaban J connectivity index is 1.52. The fourth-order valence-corrected chi connectivity index (χ4v) is 6.57. The SMILES string of the molecule is COc1ccc(C2[C@@H](C(=O)N3CCC=CC3=O)C(c3cc(OC)c4c(c3)OCO4)[C@H]2C(=O)N2CCC=CC2=O)cc1OC. The van der Waals surface area contributed by atoms with Gasteiger partial charge in [0.2, 0.25) is 24.4 Å². The van der Waals surface area contributed by atoms with E-state index in [1.54, 1.807) is 42.5 Å². The van der Waals surface area contributed by atoms with Crippen LogP contribution in [0.25, 0.3) is 0 Å². The first kappa shape index (κ1) is 28.3. The second-order valence-corrected chi connectivity index (χ2v) is 10.7. The summed E-state index contributed by atoms with van der Waals surface area (Å²) in [5.74, 6) is -2.49. The van der Waals surface area contributed by atoms with Crippen molar-refractivity contribution in [2.45, 2.75) is 24.7 Å². The Kier molecular flexibility index (Phi) is 7.55. The van der Waals surface area contributed by atoms with E-state index >= 15 is 0 Å². The molecule has 2 unspecified atom stereocenters. The number of imide groups is 2. The molecule has 0 radical (unpaired) electrons. The van der Waals surface area contributed by atoms with Crippen molar-refractivity contribution in [3.63, 3.8) is 0 Å². The van der Waals surface area contributed by atoms with Gasteiger partial charge in [0, 0.05) is 24.9 Å². The Labute approximate surface area is 248 Å². The minimum atomic E-state index is -0.831. The van der Waals surface area contributed by atoms with E-state index in [0.717, 1.165) is 0 Å². The molecule has 224 valence electrons. The number of benzene rings is 2. The van der Waals surface area contributed by atoms with Gasteiger partial charge in [-0.3, -0.25) is 29.0 Å². The van der Waals surface area contributed by atoms with Gasteiger partial charge < -0.3 is 23.7 Å². The lowest BCUT2D eigenvalue weighted by molar-refractivity contribution is -0.157. The van der Waals surface area contributed by atoms with E-state index in [4.69, 9.17) is 23.7 Å². The molecule has 0 spiro atoms. The van der Waals surface area contributed by atoms with Gasteiger partial charge in [-0.1, -0.05) is 18.2 Å². The molecule has 0 N–H and O–H groups in total. The molecule has 2 aromatic rings. The topological polar surface area (TPSA) is 121 Å². The number of hydrogen-bond donors (Lipinski definition) is 0. The van der Waals surface area contributed by atoms with Crippen LogP contribution in [0, 0.1) is 11.8 Å². The van der Waals surface area contributed by atoms with Gasteiger partial charge in [-0.2, -0.15) is 0 Å². The standard InChI is InChI=1S/C32H32N2O9/c1-39-20-11-10-18(14-21(20)40-2)26-28(31(37)33-12-6-4-8-24(33)35)27(29(26)32(38)34-13-7-5-9-25(34)36)19-15-22(41-3)30-23(16-19)42-17-43-30/h4-5,8-11,14-16,26-29H,6-7,12-13,17H2,1-3H3/t26?,27?,28-,29+. The summed E-state index contributed by atoms with van der Waals surface area (Å²) in [6.07, 6.45) is 7.33. The van der Waals surface area contributed by atoms with E-state index < -0.39 is 47.3 Å². The Bertz CT molecular complexity index is 1490. The zero-order chi connectivity index (χ0) is 30.2. The zero-order valence-corrected chi connectivity index (χ0v) is 24.1. The molecule has 1 fully saturated rings. The van der Waals surface area contributed by atoms with E-state index in [0.29, 0.717) is 52.7 Å². The second-order valence-electron chi connectivity index (χ2n) is 10.7. The van der Waals surface area contributed by atoms with Gasteiger partial charge in [0.25, 0.3) is 11.8 Å². The molecule has 4 aliphatic rings. The highest BCUT2D eigenvalue weighted by atomic mass is 16.7. The van der Waals surface area contributed by atoms with Crippen LogP contribution in [-0.4, -0.2) is 74.6 Å². The van der Waals surface area contributed by atoms with Crippen LogP contribution in [0.3, 0.4) is 0 Å². The number of carbonyl (C=O) groups excluding carboxylic acids is 4. The van der Waals surface area contributed by atoms with E-state index in [1.165, 1.54) is 43.3 Å². The summed E-state index contributed by atoms with van der Waals surface area (Å²) < 4.78 is 27.8. The van der Waals surface area contributed by atoms with E-state index in [2.05, 4.69) is 0 Å². The fourth-order valence-electron chi connectivity index (χ4n) is 6.57. The number of nitrogens with zero attached hydrogens (tertiary/aromatic N) is 2. The first-order valence-corrected chi connectivity index (χ1v) is 14.1. The lowest BCUT2D eigenvalue weighted by atomic mass is 9.51. The molecule has 3 aliphatic heterocycles. The summed E-state index contributed by atoms with van der Waals surface area (Å²) >= 11 is 0. The highest BCUT2D eigenvalue weighted by Crippen LogP contribution is 2.61. The molecular weight excluding hydrogens is 556 g/mol. The number of hydrogen-bond acceptors (Lipinski definition) is 9. The van der Waals surface area contributed by atoms with Gasteiger partial charge in [0.15, 0.2) is 23.0 Å². The lowest BCUT2D eigenvalue weighted by Crippen LogP contribution is -2.59. The summed E-state index contributed by atoms with van der Waals surface area (Å²) in [5, 5.41) is 0. The molecule has 2 aromatic carbocycles. The molecule has 0 bridgehead atoms. The van der Waals surface area contributed by atoms with Crippen LogP contribution in [0.5, 0.6) is 28.7 Å². The van der Waals surface area contributed by atoms with Crippen LogP contribution >= 0.6 is 0 Å². The maximum absolute atomic E-state index is 14.4. The molecule has 0 aromatic heterocycles. The molecule has 6 rings (SSSR count). The third-order valence-corrected chi connectivity index (χ3v) is 8.60. The number of methoxy groups -OCH3 is 3. The minimum Gasteiger partial charge on any atom is -0.493 e. The normalized spacial score (nSPS) is 24.1. The second kappa shape index (κ2) is 11.5. The van der Waals surface area contributed by atoms with Gasteiger partial charge in [-0.05, 0) is 60.4 Å². The molecule has 1 aliphatic carbocycles. The molecule has 1 saturated carbocycles. The first-order valence-electron chi connectivity index (χ1n) is 14.1. The zero-order valence-electron chi connectivity index (χ0n) is 24.1. The predicted molar refractivity (Wildman–Crippen MR) is 152 cm³/mol. The maximum atomic E-state index is 14.4. The van der Waals surface area contributed by atoms with Gasteiger partial charge >= 0.3 is 0 Å². The first-order chi connectivity index (χ1) is 20.9. The predicted octanol–water partition coefficient (Wildman–Crippen LogP) is 3.18. The van der Waals surface area contributed by atoms with Crippen molar-refractivity contribution in [2.24, 2.45) is 11.8 Å². The Hall–Kier alpha value is -4.80. The van der Waals surface area contributed by atoms with Crippen molar-refractivity contribution in [2.75, 3.05) is 41.2 Å². The summed E-state index contributed by atoms with van der Waals surface area (Å²) in [6.45, 7) is 0.463. The van der Waals surface area contributed by atoms with Crippen molar-refractivity contribution >= 4 is 23.6 Å². The minimum absolute atomic E-state index is 0.00201. The van der Waals surface area contributed by atoms with Crippen molar-refractivity contribution in [3.8, 4) is 28.7 Å². The molecule has 4 atom stereocenters. The lowest BCUT2D eigenvalue weighted by Gasteiger charge is -2.52. The molecule has 11 nitrogen and oxygen atoms in total. The number of carbonyl (C=O) groups is 4. The van der Waals surface area contributed by atoms with Crippen LogP contribution in [-0.2, 0) is 19.2 Å². The van der Waals surface area contributed by atoms with Gasteiger partial charge in [-0.25, -0.2) is 0 Å². The number of amides is 4. The Morgan fingerprint density at radius 1 is 0.721 bits per heavy atom. The van der Waals surface area contributed by atoms with Gasteiger partial charge in [0.1, 0.15) is 0 Å². The molecule has 43 heavy (non-hydrogen) atoms. The van der Waals surface area contributed by atoms with E-state index in [9.17, 15) is 19.2 Å². The molecule has 11 heteroatoms.